The molecule has 16 heavy (non-hydrogen) atoms. The third kappa shape index (κ3) is 4.47. The quantitative estimate of drug-likeness (QED) is 0.510. The van der Waals surface area contributed by atoms with Crippen molar-refractivity contribution in [3.8, 4) is 0 Å². The SMILES string of the molecule is COC(=O)C1CCN(CCOCCO)CC1. The summed E-state index contributed by atoms with van der Waals surface area (Å²) in [5, 5.41) is 8.54. The zero-order chi connectivity index (χ0) is 11.8. The zero-order valence-electron chi connectivity index (χ0n) is 9.85. The lowest BCUT2D eigenvalue weighted by Gasteiger charge is -2.30. The molecule has 0 unspecified atom stereocenters. The fraction of sp³-hybridized carbons (Fsp3) is 0.909. The maximum absolute atomic E-state index is 11.3. The molecule has 0 aromatic heterocycles. The van der Waals surface area contributed by atoms with Crippen molar-refractivity contribution in [2.75, 3.05) is 46.6 Å². The van der Waals surface area contributed by atoms with Gasteiger partial charge in [-0.05, 0) is 25.9 Å². The fourth-order valence-corrected chi connectivity index (χ4v) is 1.92. The number of piperidine rings is 1. The Hall–Kier alpha value is -0.650. The summed E-state index contributed by atoms with van der Waals surface area (Å²) < 4.78 is 9.93. The van der Waals surface area contributed by atoms with E-state index < -0.39 is 0 Å². The minimum absolute atomic E-state index is 0.0691. The largest absolute Gasteiger partial charge is 0.469 e. The maximum Gasteiger partial charge on any atom is 0.308 e. The second-order valence-electron chi connectivity index (χ2n) is 3.98. The van der Waals surface area contributed by atoms with Gasteiger partial charge in [-0.3, -0.25) is 4.79 Å². The molecule has 1 aliphatic rings. The number of methoxy groups -OCH3 is 1. The van der Waals surface area contributed by atoms with Crippen molar-refractivity contribution in [1.29, 1.82) is 0 Å². The molecule has 1 aliphatic heterocycles. The predicted octanol–water partition coefficient (Wildman–Crippen LogP) is -0.120. The summed E-state index contributed by atoms with van der Waals surface area (Å²) in [7, 11) is 1.44. The van der Waals surface area contributed by atoms with E-state index >= 15 is 0 Å². The molecule has 1 heterocycles. The van der Waals surface area contributed by atoms with Crippen molar-refractivity contribution >= 4 is 5.97 Å². The monoisotopic (exact) mass is 231 g/mol. The number of esters is 1. The second-order valence-corrected chi connectivity index (χ2v) is 3.98. The molecule has 0 aromatic carbocycles. The van der Waals surface area contributed by atoms with Crippen molar-refractivity contribution in [2.24, 2.45) is 5.92 Å². The Kier molecular flexibility index (Phi) is 6.37. The van der Waals surface area contributed by atoms with Crippen molar-refractivity contribution in [1.82, 2.24) is 4.90 Å². The van der Waals surface area contributed by atoms with Gasteiger partial charge < -0.3 is 19.5 Å². The molecular formula is C11H21NO4. The average molecular weight is 231 g/mol. The molecule has 0 saturated carbocycles. The highest BCUT2D eigenvalue weighted by molar-refractivity contribution is 5.72. The van der Waals surface area contributed by atoms with Gasteiger partial charge in [-0.2, -0.15) is 0 Å². The van der Waals surface area contributed by atoms with E-state index in [-0.39, 0.29) is 18.5 Å². The molecule has 0 amide bonds. The molecule has 0 spiro atoms. The average Bonchev–Trinajstić information content (AvgIpc) is 2.34. The van der Waals surface area contributed by atoms with Gasteiger partial charge in [0, 0.05) is 6.54 Å². The van der Waals surface area contributed by atoms with Crippen LogP contribution in [0.25, 0.3) is 0 Å². The van der Waals surface area contributed by atoms with Crippen LogP contribution in [0.2, 0.25) is 0 Å². The molecule has 1 N–H and O–H groups in total. The van der Waals surface area contributed by atoms with Gasteiger partial charge >= 0.3 is 5.97 Å². The molecule has 1 rings (SSSR count). The molecular weight excluding hydrogens is 210 g/mol. The van der Waals surface area contributed by atoms with E-state index in [4.69, 9.17) is 14.6 Å². The molecule has 0 radical (unpaired) electrons. The number of hydrogen-bond donors (Lipinski definition) is 1. The van der Waals surface area contributed by atoms with Gasteiger partial charge in [0.15, 0.2) is 0 Å². The molecule has 1 saturated heterocycles. The van der Waals surface area contributed by atoms with E-state index in [9.17, 15) is 4.79 Å². The molecule has 0 bridgehead atoms. The number of aliphatic hydroxyl groups is 1. The number of carbonyl (C=O) groups is 1. The Balaban J connectivity index is 2.10. The summed E-state index contributed by atoms with van der Waals surface area (Å²) >= 11 is 0. The first kappa shape index (κ1) is 13.4. The van der Waals surface area contributed by atoms with Crippen LogP contribution in [0.15, 0.2) is 0 Å². The van der Waals surface area contributed by atoms with E-state index in [0.717, 1.165) is 32.5 Å². The van der Waals surface area contributed by atoms with Gasteiger partial charge in [0.05, 0.1) is 32.8 Å². The van der Waals surface area contributed by atoms with Crippen LogP contribution >= 0.6 is 0 Å². The van der Waals surface area contributed by atoms with E-state index in [1.165, 1.54) is 7.11 Å². The Labute approximate surface area is 96.3 Å². The fourth-order valence-electron chi connectivity index (χ4n) is 1.92. The molecule has 0 aromatic rings. The van der Waals surface area contributed by atoms with Gasteiger partial charge in [0.1, 0.15) is 0 Å². The Morgan fingerprint density at radius 3 is 2.62 bits per heavy atom. The van der Waals surface area contributed by atoms with Gasteiger partial charge in [-0.1, -0.05) is 0 Å². The summed E-state index contributed by atoms with van der Waals surface area (Å²) in [6.45, 7) is 3.82. The first-order chi connectivity index (χ1) is 7.77. The van der Waals surface area contributed by atoms with Crippen molar-refractivity contribution in [3.05, 3.63) is 0 Å². The number of nitrogens with zero attached hydrogens (tertiary/aromatic N) is 1. The molecule has 5 nitrogen and oxygen atoms in total. The molecule has 1 fully saturated rings. The number of aliphatic hydroxyl groups excluding tert-OH is 1. The third-order valence-electron chi connectivity index (χ3n) is 2.91. The van der Waals surface area contributed by atoms with Crippen LogP contribution in [0.5, 0.6) is 0 Å². The minimum Gasteiger partial charge on any atom is -0.469 e. The van der Waals surface area contributed by atoms with Crippen LogP contribution in [0.3, 0.4) is 0 Å². The van der Waals surface area contributed by atoms with Gasteiger partial charge in [-0.15, -0.1) is 0 Å². The summed E-state index contributed by atoms with van der Waals surface area (Å²) in [5.41, 5.74) is 0. The lowest BCUT2D eigenvalue weighted by molar-refractivity contribution is -0.147. The van der Waals surface area contributed by atoms with Crippen molar-refractivity contribution < 1.29 is 19.4 Å². The van der Waals surface area contributed by atoms with Crippen molar-refractivity contribution in [3.63, 3.8) is 0 Å². The van der Waals surface area contributed by atoms with Crippen LogP contribution in [-0.2, 0) is 14.3 Å². The third-order valence-corrected chi connectivity index (χ3v) is 2.91. The smallest absolute Gasteiger partial charge is 0.308 e. The summed E-state index contributed by atoms with van der Waals surface area (Å²) in [6, 6.07) is 0. The number of carbonyl (C=O) groups excluding carboxylic acids is 1. The topological polar surface area (TPSA) is 59.0 Å². The van der Waals surface area contributed by atoms with Crippen LogP contribution < -0.4 is 0 Å². The minimum atomic E-state index is -0.0869. The number of ether oxygens (including phenoxy) is 2. The summed E-state index contributed by atoms with van der Waals surface area (Å²) in [6.07, 6.45) is 1.74. The lowest BCUT2D eigenvalue weighted by Crippen LogP contribution is -2.38. The summed E-state index contributed by atoms with van der Waals surface area (Å²) in [4.78, 5) is 13.6. The second kappa shape index (κ2) is 7.60. The van der Waals surface area contributed by atoms with Crippen LogP contribution in [0, 0.1) is 5.92 Å². The van der Waals surface area contributed by atoms with E-state index in [2.05, 4.69) is 4.90 Å². The highest BCUT2D eigenvalue weighted by Crippen LogP contribution is 2.17. The number of likely N-dealkylation sites (tertiary alicyclic amines) is 1. The van der Waals surface area contributed by atoms with Gasteiger partial charge in [0.25, 0.3) is 0 Å². The molecule has 0 aliphatic carbocycles. The Bertz CT molecular complexity index is 202. The first-order valence-corrected chi connectivity index (χ1v) is 5.76. The highest BCUT2D eigenvalue weighted by Gasteiger charge is 2.25. The van der Waals surface area contributed by atoms with Crippen molar-refractivity contribution in [2.45, 2.75) is 12.8 Å². The highest BCUT2D eigenvalue weighted by atomic mass is 16.5. The van der Waals surface area contributed by atoms with Gasteiger partial charge in [-0.25, -0.2) is 0 Å². The maximum atomic E-state index is 11.3. The predicted molar refractivity (Wildman–Crippen MR) is 59.1 cm³/mol. The summed E-state index contributed by atoms with van der Waals surface area (Å²) in [5.74, 6) is -0.0178. The molecule has 94 valence electrons. The number of hydrogen-bond acceptors (Lipinski definition) is 5. The Morgan fingerprint density at radius 1 is 1.38 bits per heavy atom. The molecule has 5 heteroatoms. The zero-order valence-corrected chi connectivity index (χ0v) is 9.85. The number of rotatable bonds is 6. The normalized spacial score (nSPS) is 18.6. The lowest BCUT2D eigenvalue weighted by atomic mass is 9.97. The van der Waals surface area contributed by atoms with E-state index in [1.54, 1.807) is 0 Å². The standard InChI is InChI=1S/C11H21NO4/c1-15-11(14)10-2-4-12(5-3-10)6-8-16-9-7-13/h10,13H,2-9H2,1H3. The van der Waals surface area contributed by atoms with Crippen LogP contribution in [-0.4, -0.2) is 62.5 Å². The van der Waals surface area contributed by atoms with Gasteiger partial charge in [0.2, 0.25) is 0 Å². The molecule has 0 atom stereocenters. The van der Waals surface area contributed by atoms with E-state index in [0.29, 0.717) is 13.2 Å². The van der Waals surface area contributed by atoms with Crippen LogP contribution in [0.1, 0.15) is 12.8 Å². The first-order valence-electron chi connectivity index (χ1n) is 5.76. The van der Waals surface area contributed by atoms with E-state index in [1.807, 2.05) is 0 Å². The Morgan fingerprint density at radius 2 is 2.06 bits per heavy atom. The van der Waals surface area contributed by atoms with Crippen LogP contribution in [0.4, 0.5) is 0 Å².